The monoisotopic (exact) mass is 297 g/mol. The topological polar surface area (TPSA) is 122 Å². The first-order valence-electron chi connectivity index (χ1n) is 7.50. The summed E-state index contributed by atoms with van der Waals surface area (Å²) in [6, 6.07) is -0.0261. The van der Waals surface area contributed by atoms with Gasteiger partial charge in [-0.1, -0.05) is 0 Å². The maximum atomic E-state index is 12.0. The van der Waals surface area contributed by atoms with Gasteiger partial charge in [-0.05, 0) is 38.0 Å². The summed E-state index contributed by atoms with van der Waals surface area (Å²) >= 11 is 0. The molecule has 2 heterocycles. The molecule has 2 fully saturated rings. The molecule has 21 heavy (non-hydrogen) atoms. The van der Waals surface area contributed by atoms with Gasteiger partial charge in [0.2, 0.25) is 11.8 Å². The summed E-state index contributed by atoms with van der Waals surface area (Å²) in [6.07, 6.45) is 4.63. The molecule has 5 N–H and O–H groups in total. The van der Waals surface area contributed by atoms with Gasteiger partial charge in [-0.25, -0.2) is 4.79 Å². The largest absolute Gasteiger partial charge is 0.480 e. The molecule has 2 unspecified atom stereocenters. The molecule has 0 aromatic heterocycles. The fraction of sp³-hybridized carbons (Fsp3) is 0.786. The number of piperidine rings is 1. The number of hydrogen-bond acceptors (Lipinski definition) is 4. The second-order valence-corrected chi connectivity index (χ2v) is 6.14. The molecule has 0 radical (unpaired) electrons. The average molecular weight is 297 g/mol. The molecule has 118 valence electrons. The molecule has 7 heteroatoms. The Kier molecular flexibility index (Phi) is 5.17. The highest BCUT2D eigenvalue weighted by Gasteiger charge is 2.34. The molecule has 2 rings (SSSR count). The predicted octanol–water partition coefficient (Wildman–Crippen LogP) is -0.258. The van der Waals surface area contributed by atoms with E-state index >= 15 is 0 Å². The molecule has 0 spiro atoms. The van der Waals surface area contributed by atoms with Crippen LogP contribution in [0.4, 0.5) is 0 Å². The minimum atomic E-state index is -1.13. The van der Waals surface area contributed by atoms with Gasteiger partial charge in [0.05, 0.1) is 0 Å². The fourth-order valence-corrected chi connectivity index (χ4v) is 3.40. The van der Waals surface area contributed by atoms with E-state index in [2.05, 4.69) is 10.6 Å². The Morgan fingerprint density at radius 1 is 1.24 bits per heavy atom. The summed E-state index contributed by atoms with van der Waals surface area (Å²) < 4.78 is 0. The maximum absolute atomic E-state index is 12.0. The van der Waals surface area contributed by atoms with Crippen molar-refractivity contribution in [1.29, 1.82) is 0 Å². The molecule has 7 nitrogen and oxygen atoms in total. The Hall–Kier alpha value is -1.63. The van der Waals surface area contributed by atoms with Crippen LogP contribution >= 0.6 is 0 Å². The van der Waals surface area contributed by atoms with E-state index in [4.69, 9.17) is 10.8 Å². The number of carboxylic acid groups (broad SMARTS) is 1. The van der Waals surface area contributed by atoms with Crippen LogP contribution in [-0.2, 0) is 14.4 Å². The van der Waals surface area contributed by atoms with Crippen LogP contribution in [0.25, 0.3) is 0 Å². The SMILES string of the molecule is NC(=O)CC[C@H](NC(=O)CC1CC2CCC(C1)N2)C(=O)O. The molecule has 3 atom stereocenters. The van der Waals surface area contributed by atoms with Gasteiger partial charge in [0, 0.05) is 24.9 Å². The third kappa shape index (κ3) is 4.70. The van der Waals surface area contributed by atoms with Crippen molar-refractivity contribution in [3.05, 3.63) is 0 Å². The number of carbonyl (C=O) groups is 3. The van der Waals surface area contributed by atoms with E-state index in [1.165, 1.54) is 12.8 Å². The Morgan fingerprint density at radius 3 is 2.38 bits per heavy atom. The van der Waals surface area contributed by atoms with E-state index in [0.29, 0.717) is 24.4 Å². The number of amides is 2. The zero-order valence-corrected chi connectivity index (χ0v) is 12.0. The molecule has 2 aliphatic rings. The quantitative estimate of drug-likeness (QED) is 0.516. The van der Waals surface area contributed by atoms with Gasteiger partial charge < -0.3 is 21.5 Å². The van der Waals surface area contributed by atoms with Crippen LogP contribution < -0.4 is 16.4 Å². The molecular weight excluding hydrogens is 274 g/mol. The maximum Gasteiger partial charge on any atom is 0.326 e. The molecule has 0 aromatic carbocycles. The molecule has 0 aliphatic carbocycles. The minimum absolute atomic E-state index is 0.0356. The van der Waals surface area contributed by atoms with Crippen LogP contribution in [0.15, 0.2) is 0 Å². The standard InChI is InChI=1S/C14H23N3O4/c15-12(18)4-3-11(14(20)21)17-13(19)7-8-5-9-1-2-10(6-8)16-9/h8-11,16H,1-7H2,(H2,15,18)(H,17,19)(H,20,21)/t8?,9?,10?,11-/m0/s1. The van der Waals surface area contributed by atoms with Crippen LogP contribution in [-0.4, -0.2) is 41.0 Å². The minimum Gasteiger partial charge on any atom is -0.480 e. The van der Waals surface area contributed by atoms with Gasteiger partial charge in [0.1, 0.15) is 6.04 Å². The third-order valence-corrected chi connectivity index (χ3v) is 4.36. The van der Waals surface area contributed by atoms with Crippen molar-refractivity contribution < 1.29 is 19.5 Å². The highest BCUT2D eigenvalue weighted by molar-refractivity contribution is 5.84. The van der Waals surface area contributed by atoms with Crippen molar-refractivity contribution >= 4 is 17.8 Å². The zero-order chi connectivity index (χ0) is 15.4. The second-order valence-electron chi connectivity index (χ2n) is 6.14. The lowest BCUT2D eigenvalue weighted by molar-refractivity contribution is -0.142. The van der Waals surface area contributed by atoms with Crippen molar-refractivity contribution in [3.63, 3.8) is 0 Å². The number of hydrogen-bond donors (Lipinski definition) is 4. The number of aliphatic carboxylic acids is 1. The summed E-state index contributed by atoms with van der Waals surface area (Å²) in [6.45, 7) is 0. The first-order valence-corrected chi connectivity index (χ1v) is 7.50. The highest BCUT2D eigenvalue weighted by atomic mass is 16.4. The summed E-state index contributed by atoms with van der Waals surface area (Å²) in [5.41, 5.74) is 5.01. The van der Waals surface area contributed by atoms with Crippen LogP contribution in [0, 0.1) is 5.92 Å². The lowest BCUT2D eigenvalue weighted by Gasteiger charge is -2.29. The Bertz CT molecular complexity index is 414. The number of rotatable bonds is 7. The van der Waals surface area contributed by atoms with Gasteiger partial charge in [-0.2, -0.15) is 0 Å². The second kappa shape index (κ2) is 6.89. The fourth-order valence-electron chi connectivity index (χ4n) is 3.40. The molecule has 2 amide bonds. The zero-order valence-electron chi connectivity index (χ0n) is 12.0. The number of nitrogens with one attached hydrogen (secondary N) is 2. The lowest BCUT2D eigenvalue weighted by Crippen LogP contribution is -2.44. The summed E-state index contributed by atoms with van der Waals surface area (Å²) in [5, 5.41) is 15.1. The van der Waals surface area contributed by atoms with Crippen LogP contribution in [0.1, 0.15) is 44.9 Å². The van der Waals surface area contributed by atoms with E-state index < -0.39 is 17.9 Å². The molecule has 2 bridgehead atoms. The van der Waals surface area contributed by atoms with Gasteiger partial charge in [-0.15, -0.1) is 0 Å². The van der Waals surface area contributed by atoms with Gasteiger partial charge >= 0.3 is 5.97 Å². The van der Waals surface area contributed by atoms with E-state index in [9.17, 15) is 14.4 Å². The van der Waals surface area contributed by atoms with Crippen LogP contribution in [0.3, 0.4) is 0 Å². The molecule has 0 saturated carbocycles. The normalized spacial score (nSPS) is 28.9. The molecule has 2 saturated heterocycles. The Morgan fingerprint density at radius 2 is 1.86 bits per heavy atom. The first-order chi connectivity index (χ1) is 9.94. The Labute approximate surface area is 123 Å². The van der Waals surface area contributed by atoms with Gasteiger partial charge in [0.25, 0.3) is 0 Å². The van der Waals surface area contributed by atoms with Crippen molar-refractivity contribution in [2.24, 2.45) is 11.7 Å². The van der Waals surface area contributed by atoms with Gasteiger partial charge in [-0.3, -0.25) is 9.59 Å². The van der Waals surface area contributed by atoms with E-state index in [1.54, 1.807) is 0 Å². The van der Waals surface area contributed by atoms with Crippen molar-refractivity contribution in [2.75, 3.05) is 0 Å². The average Bonchev–Trinajstić information content (AvgIpc) is 2.73. The number of nitrogens with two attached hydrogens (primary N) is 1. The number of carbonyl (C=O) groups excluding carboxylic acids is 2. The van der Waals surface area contributed by atoms with Crippen LogP contribution in [0.5, 0.6) is 0 Å². The highest BCUT2D eigenvalue weighted by Crippen LogP contribution is 2.32. The number of fused-ring (bicyclic) bond motifs is 2. The first kappa shape index (κ1) is 15.8. The van der Waals surface area contributed by atoms with Crippen molar-refractivity contribution in [1.82, 2.24) is 10.6 Å². The third-order valence-electron chi connectivity index (χ3n) is 4.36. The van der Waals surface area contributed by atoms with Gasteiger partial charge in [0.15, 0.2) is 0 Å². The van der Waals surface area contributed by atoms with Crippen molar-refractivity contribution in [3.8, 4) is 0 Å². The van der Waals surface area contributed by atoms with E-state index in [0.717, 1.165) is 12.8 Å². The van der Waals surface area contributed by atoms with E-state index in [-0.39, 0.29) is 18.7 Å². The lowest BCUT2D eigenvalue weighted by atomic mass is 9.89. The molecular formula is C14H23N3O4. The smallest absolute Gasteiger partial charge is 0.326 e. The predicted molar refractivity (Wildman–Crippen MR) is 75.3 cm³/mol. The van der Waals surface area contributed by atoms with Crippen LogP contribution in [0.2, 0.25) is 0 Å². The van der Waals surface area contributed by atoms with Crippen molar-refractivity contribution in [2.45, 2.75) is 63.1 Å². The molecule has 2 aliphatic heterocycles. The number of carboxylic acids is 1. The summed E-state index contributed by atoms with van der Waals surface area (Å²) in [4.78, 5) is 33.8. The molecule has 0 aromatic rings. The summed E-state index contributed by atoms with van der Waals surface area (Å²) in [7, 11) is 0. The van der Waals surface area contributed by atoms with E-state index in [1.807, 2.05) is 0 Å². The number of primary amides is 1. The Balaban J connectivity index is 1.79. The summed E-state index contributed by atoms with van der Waals surface area (Å²) in [5.74, 6) is -1.63.